The van der Waals surface area contributed by atoms with Crippen molar-refractivity contribution >= 4 is 33.1 Å². The van der Waals surface area contributed by atoms with Crippen LogP contribution in [0.3, 0.4) is 0 Å². The molecule has 4 rings (SSSR count). The summed E-state index contributed by atoms with van der Waals surface area (Å²) in [4.78, 5) is 15.8. The van der Waals surface area contributed by atoms with Crippen molar-refractivity contribution in [2.75, 3.05) is 11.9 Å². The normalized spacial score (nSPS) is 12.4. The molecule has 1 atom stereocenters. The second kappa shape index (κ2) is 10.6. The Balaban J connectivity index is 1.81. The van der Waals surface area contributed by atoms with Crippen molar-refractivity contribution in [3.8, 4) is 17.0 Å². The topological polar surface area (TPSA) is 104 Å². The number of nitro groups is 1. The molecular formula is C24H22BrF4N7O3. The number of anilines is 2. The van der Waals surface area contributed by atoms with E-state index in [4.69, 9.17) is 4.74 Å². The number of aryl methyl sites for hydroxylation is 2. The zero-order chi connectivity index (χ0) is 28.6. The maximum absolute atomic E-state index is 14.4. The Morgan fingerprint density at radius 2 is 1.92 bits per heavy atom. The minimum Gasteiger partial charge on any atom is -0.478 e. The van der Waals surface area contributed by atoms with Gasteiger partial charge in [0.25, 0.3) is 0 Å². The van der Waals surface area contributed by atoms with Gasteiger partial charge in [0.05, 0.1) is 15.8 Å². The smallest absolute Gasteiger partial charge is 0.437 e. The number of benzene rings is 1. The van der Waals surface area contributed by atoms with Gasteiger partial charge < -0.3 is 19.8 Å². The van der Waals surface area contributed by atoms with Crippen LogP contribution in [-0.2, 0) is 19.8 Å². The molecule has 0 saturated heterocycles. The van der Waals surface area contributed by atoms with Crippen LogP contribution in [0.5, 0.6) is 5.75 Å². The van der Waals surface area contributed by atoms with E-state index in [1.807, 2.05) is 0 Å². The van der Waals surface area contributed by atoms with E-state index in [0.717, 1.165) is 0 Å². The summed E-state index contributed by atoms with van der Waals surface area (Å²) in [6, 6.07) is 5.16. The number of halogens is 5. The fourth-order valence-corrected chi connectivity index (χ4v) is 4.35. The fraction of sp³-hybridized carbons (Fsp3) is 0.292. The number of rotatable bonds is 8. The number of ether oxygens (including phenoxy) is 1. The number of nitrogens with zero attached hydrogens (tertiary/aromatic N) is 7. The van der Waals surface area contributed by atoms with Crippen LogP contribution in [0.15, 0.2) is 47.3 Å². The predicted molar refractivity (Wildman–Crippen MR) is 137 cm³/mol. The molecule has 10 nitrogen and oxygen atoms in total. The minimum absolute atomic E-state index is 0.155. The number of pyridine rings is 1. The summed E-state index contributed by atoms with van der Waals surface area (Å²) < 4.78 is 64.7. The van der Waals surface area contributed by atoms with Gasteiger partial charge in [-0.1, -0.05) is 0 Å². The number of hydrogen-bond acceptors (Lipinski definition) is 7. The van der Waals surface area contributed by atoms with Crippen LogP contribution in [0.2, 0.25) is 0 Å². The first-order valence-corrected chi connectivity index (χ1v) is 12.3. The lowest BCUT2D eigenvalue weighted by Crippen LogP contribution is -2.16. The summed E-state index contributed by atoms with van der Waals surface area (Å²) in [6.45, 7) is 3.45. The molecule has 0 aliphatic carbocycles. The van der Waals surface area contributed by atoms with E-state index < -0.39 is 34.5 Å². The quantitative estimate of drug-likeness (QED) is 0.128. The lowest BCUT2D eigenvalue weighted by atomic mass is 9.99. The maximum atomic E-state index is 14.4. The number of hydrogen-bond donors (Lipinski definition) is 0. The maximum Gasteiger partial charge on any atom is 0.437 e. The van der Waals surface area contributed by atoms with Gasteiger partial charge >= 0.3 is 12.0 Å². The molecule has 3 aromatic heterocycles. The third-order valence-corrected chi connectivity index (χ3v) is 6.28. The molecule has 0 amide bonds. The molecule has 0 fully saturated rings. The zero-order valence-corrected chi connectivity index (χ0v) is 22.7. The molecule has 0 radical (unpaired) electrons. The predicted octanol–water partition coefficient (Wildman–Crippen LogP) is 6.44. The average molecular weight is 612 g/mol. The molecule has 206 valence electrons. The van der Waals surface area contributed by atoms with Gasteiger partial charge in [-0.15, -0.1) is 0 Å². The van der Waals surface area contributed by atoms with Crippen molar-refractivity contribution < 1.29 is 27.2 Å². The van der Waals surface area contributed by atoms with Crippen LogP contribution in [0.1, 0.15) is 31.2 Å². The van der Waals surface area contributed by atoms with Crippen LogP contribution in [0.4, 0.5) is 34.8 Å². The lowest BCUT2D eigenvalue weighted by molar-refractivity contribution is -0.390. The molecule has 39 heavy (non-hydrogen) atoms. The van der Waals surface area contributed by atoms with Crippen molar-refractivity contribution in [2.45, 2.75) is 32.7 Å². The Morgan fingerprint density at radius 3 is 2.56 bits per heavy atom. The molecule has 15 heteroatoms. The number of alkyl halides is 3. The van der Waals surface area contributed by atoms with Gasteiger partial charge in [-0.3, -0.25) is 9.36 Å². The second-order valence-electron chi connectivity index (χ2n) is 8.54. The van der Waals surface area contributed by atoms with Gasteiger partial charge in [0.15, 0.2) is 11.9 Å². The minimum atomic E-state index is -4.71. The molecule has 0 aliphatic rings. The van der Waals surface area contributed by atoms with E-state index in [1.54, 1.807) is 20.9 Å². The summed E-state index contributed by atoms with van der Waals surface area (Å²) in [6.07, 6.45) is -1.59. The molecule has 1 aromatic carbocycles. The highest BCUT2D eigenvalue weighted by Gasteiger charge is 2.39. The summed E-state index contributed by atoms with van der Waals surface area (Å²) in [5.74, 6) is -1.30. The van der Waals surface area contributed by atoms with Gasteiger partial charge in [-0.05, 0) is 57.9 Å². The van der Waals surface area contributed by atoms with Crippen LogP contribution in [0.25, 0.3) is 11.3 Å². The Bertz CT molecular complexity index is 1540. The van der Waals surface area contributed by atoms with Crippen molar-refractivity contribution in [2.24, 2.45) is 7.05 Å². The average Bonchev–Trinajstić information content (AvgIpc) is 3.47. The monoisotopic (exact) mass is 611 g/mol. The largest absolute Gasteiger partial charge is 0.478 e. The molecule has 0 bridgehead atoms. The van der Waals surface area contributed by atoms with Gasteiger partial charge in [0.1, 0.15) is 17.6 Å². The molecule has 4 aromatic rings. The number of aromatic nitrogens is 5. The van der Waals surface area contributed by atoms with Gasteiger partial charge in [0, 0.05) is 50.2 Å². The zero-order valence-electron chi connectivity index (χ0n) is 21.1. The molecule has 0 saturated carbocycles. The third kappa shape index (κ3) is 5.72. The molecule has 0 spiro atoms. The fourth-order valence-electron chi connectivity index (χ4n) is 4.04. The van der Waals surface area contributed by atoms with Crippen molar-refractivity contribution in [3.05, 3.63) is 74.5 Å². The summed E-state index contributed by atoms with van der Waals surface area (Å²) >= 11 is 3.20. The Morgan fingerprint density at radius 1 is 1.21 bits per heavy atom. The second-order valence-corrected chi connectivity index (χ2v) is 9.45. The van der Waals surface area contributed by atoms with E-state index in [-0.39, 0.29) is 34.9 Å². The Kier molecular flexibility index (Phi) is 7.63. The summed E-state index contributed by atoms with van der Waals surface area (Å²) in [5, 5.41) is 19.6. The SMILES string of the molecule is CCn1cc(N(C)c2cn(C)nc2-c2ccc(F)cc2[C@@H](C)Oc2cc(Br)cnc2[N+](=O)[O-])c(C(F)(F)F)n1. The molecule has 0 N–H and O–H groups in total. The molecule has 3 heterocycles. The highest BCUT2D eigenvalue weighted by atomic mass is 79.9. The van der Waals surface area contributed by atoms with Crippen molar-refractivity contribution in [1.29, 1.82) is 0 Å². The van der Waals surface area contributed by atoms with Crippen LogP contribution >= 0.6 is 15.9 Å². The highest BCUT2D eigenvalue weighted by Crippen LogP contribution is 2.42. The van der Waals surface area contributed by atoms with Gasteiger partial charge in [-0.25, -0.2) is 4.39 Å². The first-order valence-electron chi connectivity index (χ1n) is 11.5. The van der Waals surface area contributed by atoms with Crippen LogP contribution in [-0.4, -0.2) is 36.5 Å². The van der Waals surface area contributed by atoms with E-state index in [2.05, 4.69) is 31.1 Å². The summed E-state index contributed by atoms with van der Waals surface area (Å²) in [7, 11) is 3.05. The lowest BCUT2D eigenvalue weighted by Gasteiger charge is -2.22. The van der Waals surface area contributed by atoms with Crippen molar-refractivity contribution in [3.63, 3.8) is 0 Å². The Hall–Kier alpha value is -4.01. The first-order chi connectivity index (χ1) is 18.3. The van der Waals surface area contributed by atoms with Crippen LogP contribution < -0.4 is 9.64 Å². The standard InChI is InChI=1S/C24H22BrF4N7O3/c1-5-35-12-19(22(32-35)24(27,28)29)34(4)18-11-33(3)31-21(18)16-7-6-15(26)9-17(16)13(2)39-20-8-14(25)10-30-23(20)36(37)38/h6-13H,5H2,1-4H3/t13-/m1/s1. The van der Waals surface area contributed by atoms with Gasteiger partial charge in [-0.2, -0.15) is 23.4 Å². The van der Waals surface area contributed by atoms with Crippen molar-refractivity contribution in [1.82, 2.24) is 24.5 Å². The summed E-state index contributed by atoms with van der Waals surface area (Å²) in [5.41, 5.74) is -0.112. The van der Waals surface area contributed by atoms with Crippen LogP contribution in [0, 0.1) is 15.9 Å². The van der Waals surface area contributed by atoms with E-state index in [9.17, 15) is 27.7 Å². The van der Waals surface area contributed by atoms with E-state index >= 15 is 0 Å². The molecule has 0 unspecified atom stereocenters. The third-order valence-electron chi connectivity index (χ3n) is 5.85. The van der Waals surface area contributed by atoms with Gasteiger partial charge in [0.2, 0.25) is 5.75 Å². The van der Waals surface area contributed by atoms with E-state index in [1.165, 1.54) is 64.2 Å². The first kappa shape index (κ1) is 28.0. The molecule has 0 aliphatic heterocycles. The van der Waals surface area contributed by atoms with E-state index in [0.29, 0.717) is 10.0 Å². The highest BCUT2D eigenvalue weighted by molar-refractivity contribution is 9.10. The Labute approximate surface area is 228 Å². The molecular weight excluding hydrogens is 590 g/mol.